The summed E-state index contributed by atoms with van der Waals surface area (Å²) in [6.45, 7) is 3.28. The van der Waals surface area contributed by atoms with Gasteiger partial charge in [-0.05, 0) is 62.4 Å². The molecule has 2 amide bonds. The first-order valence-electron chi connectivity index (χ1n) is 13.9. The number of aromatic nitrogens is 3. The normalized spacial score (nSPS) is 18.3. The standard InChI is InChI=1S/C29H37N5O5/c1-3-38-25-15-14-20(17-26(25)37-2)28(29(36)30-21-9-4-5-10-21)33(18-22-11-8-16-39-22)27(35)19-34-24-13-7-6-12-23(24)31-32-34/h6-7,12-15,17,21-22,28H,3-5,8-11,16,18-19H2,1-2H3,(H,30,36)/t22-,28+/m1/s1. The zero-order chi connectivity index (χ0) is 27.2. The summed E-state index contributed by atoms with van der Waals surface area (Å²) in [5.41, 5.74) is 2.13. The van der Waals surface area contributed by atoms with Crippen molar-refractivity contribution >= 4 is 22.8 Å². The highest BCUT2D eigenvalue weighted by atomic mass is 16.5. The Bertz CT molecular complexity index is 1280. The van der Waals surface area contributed by atoms with Gasteiger partial charge in [-0.2, -0.15) is 0 Å². The number of nitrogens with zero attached hydrogens (tertiary/aromatic N) is 4. The summed E-state index contributed by atoms with van der Waals surface area (Å²) in [6, 6.07) is 12.2. The van der Waals surface area contributed by atoms with Gasteiger partial charge in [-0.3, -0.25) is 9.59 Å². The van der Waals surface area contributed by atoms with Crippen LogP contribution in [0.25, 0.3) is 11.0 Å². The Morgan fingerprint density at radius 3 is 2.69 bits per heavy atom. The van der Waals surface area contributed by atoms with E-state index in [2.05, 4.69) is 15.6 Å². The van der Waals surface area contributed by atoms with E-state index in [0.717, 1.165) is 44.0 Å². The van der Waals surface area contributed by atoms with Crippen LogP contribution in [0.4, 0.5) is 0 Å². The van der Waals surface area contributed by atoms with Gasteiger partial charge in [0.15, 0.2) is 11.5 Å². The van der Waals surface area contributed by atoms with E-state index in [1.54, 1.807) is 28.8 Å². The molecule has 10 nitrogen and oxygen atoms in total. The minimum Gasteiger partial charge on any atom is -0.493 e. The second-order valence-corrected chi connectivity index (χ2v) is 10.2. The largest absolute Gasteiger partial charge is 0.493 e. The topological polar surface area (TPSA) is 108 Å². The fourth-order valence-corrected chi connectivity index (χ4v) is 5.56. The van der Waals surface area contributed by atoms with Crippen molar-refractivity contribution in [3.8, 4) is 11.5 Å². The summed E-state index contributed by atoms with van der Waals surface area (Å²) in [5.74, 6) is 0.660. The zero-order valence-electron chi connectivity index (χ0n) is 22.7. The van der Waals surface area contributed by atoms with Crippen molar-refractivity contribution in [3.05, 3.63) is 48.0 Å². The Kier molecular flexibility index (Phi) is 8.61. The third-order valence-corrected chi connectivity index (χ3v) is 7.51. The molecule has 0 radical (unpaired) electrons. The number of ether oxygens (including phenoxy) is 3. The van der Waals surface area contributed by atoms with Crippen LogP contribution in [0.3, 0.4) is 0 Å². The molecule has 2 atom stereocenters. The van der Waals surface area contributed by atoms with Crippen LogP contribution in [-0.2, 0) is 20.9 Å². The maximum Gasteiger partial charge on any atom is 0.247 e. The van der Waals surface area contributed by atoms with Crippen LogP contribution < -0.4 is 14.8 Å². The second-order valence-electron chi connectivity index (χ2n) is 10.2. The van der Waals surface area contributed by atoms with Gasteiger partial charge >= 0.3 is 0 Å². The molecule has 1 saturated carbocycles. The highest BCUT2D eigenvalue weighted by Gasteiger charge is 2.36. The van der Waals surface area contributed by atoms with E-state index >= 15 is 0 Å². The second kappa shape index (κ2) is 12.5. The fraction of sp³-hybridized carbons (Fsp3) is 0.517. The molecule has 0 spiro atoms. The van der Waals surface area contributed by atoms with Crippen molar-refractivity contribution in [2.45, 2.75) is 70.2 Å². The lowest BCUT2D eigenvalue weighted by Gasteiger charge is -2.34. The van der Waals surface area contributed by atoms with Crippen molar-refractivity contribution in [2.24, 2.45) is 0 Å². The summed E-state index contributed by atoms with van der Waals surface area (Å²) in [7, 11) is 1.57. The molecule has 208 valence electrons. The molecule has 3 aromatic rings. The van der Waals surface area contributed by atoms with Crippen LogP contribution in [0.2, 0.25) is 0 Å². The maximum absolute atomic E-state index is 14.1. The Morgan fingerprint density at radius 1 is 1.13 bits per heavy atom. The van der Waals surface area contributed by atoms with Gasteiger partial charge in [-0.1, -0.05) is 36.3 Å². The number of benzene rings is 2. The molecular weight excluding hydrogens is 498 g/mol. The smallest absolute Gasteiger partial charge is 0.247 e. The van der Waals surface area contributed by atoms with Gasteiger partial charge < -0.3 is 24.4 Å². The quantitative estimate of drug-likeness (QED) is 0.399. The molecule has 1 saturated heterocycles. The molecule has 1 N–H and O–H groups in total. The Morgan fingerprint density at radius 2 is 1.95 bits per heavy atom. The van der Waals surface area contributed by atoms with E-state index in [1.807, 2.05) is 37.3 Å². The van der Waals surface area contributed by atoms with Gasteiger partial charge in [-0.15, -0.1) is 5.10 Å². The van der Waals surface area contributed by atoms with Gasteiger partial charge in [0.25, 0.3) is 0 Å². The summed E-state index contributed by atoms with van der Waals surface area (Å²) in [6.07, 6.45) is 5.67. The monoisotopic (exact) mass is 535 g/mol. The fourth-order valence-electron chi connectivity index (χ4n) is 5.56. The van der Waals surface area contributed by atoms with Crippen LogP contribution >= 0.6 is 0 Å². The van der Waals surface area contributed by atoms with Crippen LogP contribution in [-0.4, -0.2) is 70.7 Å². The SMILES string of the molecule is CCOc1ccc([C@@H](C(=O)NC2CCCC2)N(C[C@H]2CCCO2)C(=O)Cn2nnc3ccccc32)cc1OC. The van der Waals surface area contributed by atoms with Gasteiger partial charge in [0.2, 0.25) is 11.8 Å². The van der Waals surface area contributed by atoms with Gasteiger partial charge in [0.1, 0.15) is 18.1 Å². The van der Waals surface area contributed by atoms with Crippen molar-refractivity contribution in [3.63, 3.8) is 0 Å². The van der Waals surface area contributed by atoms with Crippen LogP contribution in [0.15, 0.2) is 42.5 Å². The summed E-state index contributed by atoms with van der Waals surface area (Å²) >= 11 is 0. The van der Waals surface area contributed by atoms with Crippen molar-refractivity contribution in [1.82, 2.24) is 25.2 Å². The molecule has 1 aliphatic carbocycles. The van der Waals surface area contributed by atoms with Crippen molar-refractivity contribution in [2.75, 3.05) is 26.9 Å². The van der Waals surface area contributed by atoms with E-state index < -0.39 is 6.04 Å². The third kappa shape index (κ3) is 6.16. The minimum atomic E-state index is -0.873. The highest BCUT2D eigenvalue weighted by molar-refractivity contribution is 5.89. The number of carbonyl (C=O) groups is 2. The molecule has 39 heavy (non-hydrogen) atoms. The number of hydrogen-bond donors (Lipinski definition) is 1. The number of para-hydroxylation sites is 1. The Labute approximate surface area is 228 Å². The lowest BCUT2D eigenvalue weighted by molar-refractivity contribution is -0.143. The number of fused-ring (bicyclic) bond motifs is 1. The first-order valence-corrected chi connectivity index (χ1v) is 13.9. The Balaban J connectivity index is 1.51. The van der Waals surface area contributed by atoms with Gasteiger partial charge in [0.05, 0.1) is 25.3 Å². The third-order valence-electron chi connectivity index (χ3n) is 7.51. The average Bonchev–Trinajstić information content (AvgIpc) is 3.73. The number of methoxy groups -OCH3 is 1. The minimum absolute atomic E-state index is 0.0470. The highest BCUT2D eigenvalue weighted by Crippen LogP contribution is 2.34. The number of carbonyl (C=O) groups excluding carboxylic acids is 2. The summed E-state index contributed by atoms with van der Waals surface area (Å²) < 4.78 is 18.8. The molecule has 0 bridgehead atoms. The lowest BCUT2D eigenvalue weighted by atomic mass is 10.0. The molecule has 2 aliphatic rings. The number of rotatable bonds is 11. The van der Waals surface area contributed by atoms with E-state index in [-0.39, 0.29) is 30.5 Å². The van der Waals surface area contributed by atoms with E-state index in [0.29, 0.717) is 42.3 Å². The van der Waals surface area contributed by atoms with Crippen LogP contribution in [0.1, 0.15) is 57.1 Å². The molecule has 2 aromatic carbocycles. The molecule has 1 aromatic heterocycles. The van der Waals surface area contributed by atoms with Crippen molar-refractivity contribution < 1.29 is 23.8 Å². The van der Waals surface area contributed by atoms with E-state index in [4.69, 9.17) is 14.2 Å². The lowest BCUT2D eigenvalue weighted by Crippen LogP contribution is -2.49. The predicted octanol–water partition coefficient (Wildman–Crippen LogP) is 3.65. The average molecular weight is 536 g/mol. The zero-order valence-corrected chi connectivity index (χ0v) is 22.7. The first kappa shape index (κ1) is 26.9. The maximum atomic E-state index is 14.1. The van der Waals surface area contributed by atoms with E-state index in [9.17, 15) is 9.59 Å². The van der Waals surface area contributed by atoms with Crippen molar-refractivity contribution in [1.29, 1.82) is 0 Å². The molecule has 0 unspecified atom stereocenters. The molecule has 2 fully saturated rings. The summed E-state index contributed by atoms with van der Waals surface area (Å²) in [4.78, 5) is 29.7. The molecular formula is C29H37N5O5. The summed E-state index contributed by atoms with van der Waals surface area (Å²) in [5, 5.41) is 11.6. The van der Waals surface area contributed by atoms with Gasteiger partial charge in [-0.25, -0.2) is 4.68 Å². The number of nitrogens with one attached hydrogen (secondary N) is 1. The molecule has 1 aliphatic heterocycles. The van der Waals surface area contributed by atoms with Crippen LogP contribution in [0, 0.1) is 0 Å². The number of hydrogen-bond acceptors (Lipinski definition) is 7. The Hall–Kier alpha value is -3.66. The molecule has 5 rings (SSSR count). The first-order chi connectivity index (χ1) is 19.1. The van der Waals surface area contributed by atoms with E-state index in [1.165, 1.54) is 0 Å². The molecule has 10 heteroatoms. The molecule has 2 heterocycles. The number of amides is 2. The predicted molar refractivity (Wildman–Crippen MR) is 146 cm³/mol. The van der Waals surface area contributed by atoms with Gasteiger partial charge in [0, 0.05) is 19.2 Å². The van der Waals surface area contributed by atoms with Crippen LogP contribution in [0.5, 0.6) is 11.5 Å².